The number of rotatable bonds is 6. The van der Waals surface area contributed by atoms with Gasteiger partial charge in [-0.3, -0.25) is 5.32 Å². The number of likely N-dealkylation sites (tertiary alicyclic amines) is 1. The van der Waals surface area contributed by atoms with Crippen molar-refractivity contribution in [2.45, 2.75) is 83.3 Å². The van der Waals surface area contributed by atoms with Gasteiger partial charge >= 0.3 is 0 Å². The fourth-order valence-electron chi connectivity index (χ4n) is 3.57. The van der Waals surface area contributed by atoms with Crippen LogP contribution < -0.4 is 5.32 Å². The molecule has 3 nitrogen and oxygen atoms in total. The van der Waals surface area contributed by atoms with Gasteiger partial charge in [-0.25, -0.2) is 0 Å². The van der Waals surface area contributed by atoms with E-state index >= 15 is 0 Å². The summed E-state index contributed by atoms with van der Waals surface area (Å²) in [7, 11) is 0. The van der Waals surface area contributed by atoms with Gasteiger partial charge in [-0.2, -0.15) is 5.26 Å². The first-order valence-electron chi connectivity index (χ1n) is 8.49. The molecule has 1 aliphatic carbocycles. The molecule has 0 bridgehead atoms. The lowest BCUT2D eigenvalue weighted by molar-refractivity contribution is 0.179. The number of hydrogen-bond donors (Lipinski definition) is 1. The summed E-state index contributed by atoms with van der Waals surface area (Å²) in [5.41, 5.74) is -0.350. The average molecular weight is 277 g/mol. The number of hydrogen-bond acceptors (Lipinski definition) is 3. The van der Waals surface area contributed by atoms with Gasteiger partial charge in [-0.15, -0.1) is 0 Å². The van der Waals surface area contributed by atoms with E-state index in [2.05, 4.69) is 37.1 Å². The van der Waals surface area contributed by atoms with Gasteiger partial charge in [0.2, 0.25) is 0 Å². The first kappa shape index (κ1) is 15.8. The molecule has 0 aromatic carbocycles. The molecule has 114 valence electrons. The molecular weight excluding hydrogens is 246 g/mol. The highest BCUT2D eigenvalue weighted by molar-refractivity contribution is 5.08. The zero-order valence-electron chi connectivity index (χ0n) is 13.5. The zero-order valence-corrected chi connectivity index (χ0v) is 13.5. The molecule has 2 fully saturated rings. The minimum Gasteiger partial charge on any atom is -0.301 e. The van der Waals surface area contributed by atoms with Crippen molar-refractivity contribution in [3.05, 3.63) is 0 Å². The molecule has 1 saturated heterocycles. The van der Waals surface area contributed by atoms with Crippen molar-refractivity contribution in [1.82, 2.24) is 10.2 Å². The molecular formula is C17H31N3. The van der Waals surface area contributed by atoms with Crippen LogP contribution in [0.2, 0.25) is 0 Å². The molecule has 1 aliphatic heterocycles. The summed E-state index contributed by atoms with van der Waals surface area (Å²) in [6, 6.07) is 3.62. The lowest BCUT2D eigenvalue weighted by atomic mass is 9.94. The van der Waals surface area contributed by atoms with Crippen LogP contribution in [0.4, 0.5) is 0 Å². The van der Waals surface area contributed by atoms with E-state index in [1.165, 1.54) is 51.6 Å². The van der Waals surface area contributed by atoms with E-state index in [0.29, 0.717) is 12.1 Å². The Hall–Kier alpha value is -0.590. The van der Waals surface area contributed by atoms with E-state index in [0.717, 1.165) is 12.3 Å². The van der Waals surface area contributed by atoms with Crippen LogP contribution in [0.3, 0.4) is 0 Å². The molecule has 20 heavy (non-hydrogen) atoms. The van der Waals surface area contributed by atoms with Crippen LogP contribution in [-0.4, -0.2) is 35.6 Å². The summed E-state index contributed by atoms with van der Waals surface area (Å²) in [5, 5.41) is 13.0. The minimum absolute atomic E-state index is 0.350. The SMILES string of the molecule is CCC1CCCN(C(C)CC(C)(C#N)NC2CC2)CC1. The number of nitrogens with one attached hydrogen (secondary N) is 1. The quantitative estimate of drug-likeness (QED) is 0.809. The fraction of sp³-hybridized carbons (Fsp3) is 0.941. The van der Waals surface area contributed by atoms with Crippen molar-refractivity contribution < 1.29 is 0 Å². The van der Waals surface area contributed by atoms with Crippen molar-refractivity contribution in [2.75, 3.05) is 13.1 Å². The number of nitrogens with zero attached hydrogens (tertiary/aromatic N) is 2. The Bertz CT molecular complexity index is 345. The largest absolute Gasteiger partial charge is 0.301 e. The lowest BCUT2D eigenvalue weighted by Gasteiger charge is -2.33. The van der Waals surface area contributed by atoms with Crippen LogP contribution in [0.1, 0.15) is 65.7 Å². The second kappa shape index (κ2) is 6.91. The first-order valence-corrected chi connectivity index (χ1v) is 8.49. The maximum Gasteiger partial charge on any atom is 0.105 e. The third-order valence-electron chi connectivity index (χ3n) is 5.13. The Balaban J connectivity index is 1.86. The summed E-state index contributed by atoms with van der Waals surface area (Å²) >= 11 is 0. The van der Waals surface area contributed by atoms with Crippen molar-refractivity contribution in [3.63, 3.8) is 0 Å². The molecule has 0 aromatic rings. The van der Waals surface area contributed by atoms with Crippen molar-refractivity contribution in [1.29, 1.82) is 5.26 Å². The van der Waals surface area contributed by atoms with Crippen molar-refractivity contribution >= 4 is 0 Å². The molecule has 2 rings (SSSR count). The van der Waals surface area contributed by atoms with Gasteiger partial charge in [0.25, 0.3) is 0 Å². The Morgan fingerprint density at radius 1 is 1.30 bits per heavy atom. The second-order valence-electron chi connectivity index (χ2n) is 7.16. The highest BCUT2D eigenvalue weighted by Gasteiger charge is 2.35. The normalized spacial score (nSPS) is 29.2. The molecule has 1 saturated carbocycles. The van der Waals surface area contributed by atoms with Gasteiger partial charge in [0.1, 0.15) is 5.54 Å². The van der Waals surface area contributed by atoms with Gasteiger partial charge in [0.05, 0.1) is 6.07 Å². The Kier molecular flexibility index (Phi) is 5.46. The van der Waals surface area contributed by atoms with E-state index in [1.807, 2.05) is 0 Å². The molecule has 1 N–H and O–H groups in total. The zero-order chi connectivity index (χ0) is 14.6. The highest BCUT2D eigenvalue weighted by Crippen LogP contribution is 2.27. The summed E-state index contributed by atoms with van der Waals surface area (Å²) in [4.78, 5) is 2.61. The van der Waals surface area contributed by atoms with Gasteiger partial charge in [0, 0.05) is 12.1 Å². The van der Waals surface area contributed by atoms with Crippen LogP contribution in [0.15, 0.2) is 0 Å². The maximum absolute atomic E-state index is 9.51. The predicted octanol–water partition coefficient (Wildman–Crippen LogP) is 3.31. The molecule has 0 spiro atoms. The van der Waals surface area contributed by atoms with Crippen molar-refractivity contribution in [2.24, 2.45) is 5.92 Å². The van der Waals surface area contributed by atoms with Crippen LogP contribution in [0.5, 0.6) is 0 Å². The minimum atomic E-state index is -0.350. The van der Waals surface area contributed by atoms with Gasteiger partial charge in [-0.1, -0.05) is 13.3 Å². The molecule has 0 amide bonds. The Morgan fingerprint density at radius 2 is 2.05 bits per heavy atom. The lowest BCUT2D eigenvalue weighted by Crippen LogP contribution is -2.48. The molecule has 3 heteroatoms. The highest BCUT2D eigenvalue weighted by atomic mass is 15.2. The van der Waals surface area contributed by atoms with Crippen LogP contribution in [-0.2, 0) is 0 Å². The van der Waals surface area contributed by atoms with Gasteiger partial charge < -0.3 is 4.90 Å². The van der Waals surface area contributed by atoms with E-state index in [9.17, 15) is 5.26 Å². The smallest absolute Gasteiger partial charge is 0.105 e. The summed E-state index contributed by atoms with van der Waals surface area (Å²) in [6.45, 7) is 9.12. The second-order valence-corrected chi connectivity index (χ2v) is 7.16. The van der Waals surface area contributed by atoms with Crippen LogP contribution in [0.25, 0.3) is 0 Å². The maximum atomic E-state index is 9.51. The van der Waals surface area contributed by atoms with Gasteiger partial charge in [-0.05, 0) is 71.4 Å². The molecule has 0 radical (unpaired) electrons. The van der Waals surface area contributed by atoms with Crippen LogP contribution in [0, 0.1) is 17.2 Å². The molecule has 3 unspecified atom stereocenters. The first-order chi connectivity index (χ1) is 9.56. The third-order valence-corrected chi connectivity index (χ3v) is 5.13. The fourth-order valence-corrected chi connectivity index (χ4v) is 3.57. The monoisotopic (exact) mass is 277 g/mol. The van der Waals surface area contributed by atoms with E-state index in [-0.39, 0.29) is 5.54 Å². The summed E-state index contributed by atoms with van der Waals surface area (Å²) in [5.74, 6) is 0.916. The molecule has 3 atom stereocenters. The topological polar surface area (TPSA) is 39.1 Å². The van der Waals surface area contributed by atoms with Gasteiger partial charge in [0.15, 0.2) is 0 Å². The van der Waals surface area contributed by atoms with E-state index in [4.69, 9.17) is 0 Å². The molecule has 1 heterocycles. The summed E-state index contributed by atoms with van der Waals surface area (Å²) in [6.07, 6.45) is 8.79. The number of nitriles is 1. The third kappa shape index (κ3) is 4.46. The van der Waals surface area contributed by atoms with E-state index < -0.39 is 0 Å². The molecule has 0 aromatic heterocycles. The predicted molar refractivity (Wildman–Crippen MR) is 83.5 cm³/mol. The van der Waals surface area contributed by atoms with Crippen molar-refractivity contribution in [3.8, 4) is 6.07 Å². The summed E-state index contributed by atoms with van der Waals surface area (Å²) < 4.78 is 0. The van der Waals surface area contributed by atoms with Crippen LogP contribution >= 0.6 is 0 Å². The Labute approximate surface area is 124 Å². The van der Waals surface area contributed by atoms with E-state index in [1.54, 1.807) is 0 Å². The average Bonchev–Trinajstić information content (AvgIpc) is 3.24. The standard InChI is InChI=1S/C17H31N3/c1-4-15-6-5-10-20(11-9-15)14(2)12-17(3,13-18)19-16-7-8-16/h14-16,19H,4-12H2,1-3H3. The molecule has 2 aliphatic rings. The Morgan fingerprint density at radius 3 is 2.65 bits per heavy atom.